The van der Waals surface area contributed by atoms with Gasteiger partial charge in [-0.3, -0.25) is 0 Å². The second-order valence-electron chi connectivity index (χ2n) is 26.4. The molecule has 0 aromatic heterocycles. The van der Waals surface area contributed by atoms with Crippen LogP contribution in [-0.4, -0.2) is 0 Å². The van der Waals surface area contributed by atoms with Crippen molar-refractivity contribution in [1.82, 2.24) is 0 Å². The van der Waals surface area contributed by atoms with Gasteiger partial charge in [-0.25, -0.2) is 0 Å². The Morgan fingerprint density at radius 2 is 0.375 bits per heavy atom. The van der Waals surface area contributed by atoms with E-state index < -0.39 is 0 Å². The lowest BCUT2D eigenvalue weighted by Crippen LogP contribution is -2.30. The van der Waals surface area contributed by atoms with Gasteiger partial charge in [0.05, 0.1) is 0 Å². The van der Waals surface area contributed by atoms with Crippen LogP contribution in [-0.2, 0) is 5.41 Å². The zero-order valence-electron chi connectivity index (χ0n) is 49.7. The first kappa shape index (κ1) is 56.8. The molecule has 2 heteroatoms. The number of rotatable bonds is 12. The third-order valence-electron chi connectivity index (χ3n) is 21.0. The molecule has 424 valence electrons. The van der Waals surface area contributed by atoms with Gasteiger partial charge < -0.3 is 9.80 Å². The van der Waals surface area contributed by atoms with Gasteiger partial charge in [-0.2, -0.15) is 0 Å². The van der Waals surface area contributed by atoms with Gasteiger partial charge in [-0.15, -0.1) is 0 Å². The fraction of sp³-hybridized carbons (Fsp3) is 0.538. The summed E-state index contributed by atoms with van der Waals surface area (Å²) in [6.07, 6.45) is 50.4. The summed E-state index contributed by atoms with van der Waals surface area (Å²) < 4.78 is 0. The fourth-order valence-corrected chi connectivity index (χ4v) is 16.1. The van der Waals surface area contributed by atoms with Crippen molar-refractivity contribution in [3.05, 3.63) is 179 Å². The molecule has 5 aliphatic carbocycles. The fourth-order valence-electron chi connectivity index (χ4n) is 16.1. The van der Waals surface area contributed by atoms with Gasteiger partial charge in [0, 0.05) is 39.5 Å². The maximum atomic E-state index is 2.55. The predicted molar refractivity (Wildman–Crippen MR) is 345 cm³/mol. The molecule has 0 amide bonds. The summed E-state index contributed by atoms with van der Waals surface area (Å²) in [6.45, 7) is 0. The second kappa shape index (κ2) is 29.3. The molecule has 0 radical (unpaired) electrons. The molecule has 11 rings (SSSR count). The Bertz CT molecular complexity index is 2490. The summed E-state index contributed by atoms with van der Waals surface area (Å²) in [4.78, 5) is 5.10. The van der Waals surface area contributed by atoms with E-state index in [4.69, 9.17) is 0 Å². The van der Waals surface area contributed by atoms with Crippen LogP contribution in [0.3, 0.4) is 0 Å². The molecule has 5 aliphatic rings. The summed E-state index contributed by atoms with van der Waals surface area (Å²) in [5, 5.41) is 0. The summed E-state index contributed by atoms with van der Waals surface area (Å²) in [5.41, 5.74) is 16.6. The Morgan fingerprint density at radius 1 is 0.200 bits per heavy atom. The zero-order chi connectivity index (χ0) is 54.0. The molecule has 6 aromatic rings. The average Bonchev–Trinajstić information content (AvgIpc) is 3.56. The van der Waals surface area contributed by atoms with Gasteiger partial charge in [-0.05, 0) is 194 Å². The van der Waals surface area contributed by atoms with Gasteiger partial charge in [-0.1, -0.05) is 246 Å². The maximum Gasteiger partial charge on any atom is 0.0461 e. The van der Waals surface area contributed by atoms with E-state index in [0.29, 0.717) is 23.7 Å². The quantitative estimate of drug-likeness (QED) is 0.121. The van der Waals surface area contributed by atoms with E-state index in [9.17, 15) is 0 Å². The van der Waals surface area contributed by atoms with Gasteiger partial charge in [0.15, 0.2) is 0 Å². The Hall–Kier alpha value is -5.08. The topological polar surface area (TPSA) is 6.48 Å². The molecular weight excluding hydrogens is 965 g/mol. The van der Waals surface area contributed by atoms with Crippen molar-refractivity contribution in [2.75, 3.05) is 9.80 Å². The van der Waals surface area contributed by atoms with E-state index in [-0.39, 0.29) is 5.41 Å². The molecule has 0 aliphatic heterocycles. The van der Waals surface area contributed by atoms with Gasteiger partial charge >= 0.3 is 0 Å². The molecule has 0 bridgehead atoms. The van der Waals surface area contributed by atoms with Crippen molar-refractivity contribution >= 4 is 34.1 Å². The van der Waals surface area contributed by atoms with Crippen LogP contribution in [0.15, 0.2) is 146 Å². The van der Waals surface area contributed by atoms with E-state index in [1.807, 2.05) is 0 Å². The highest BCUT2D eigenvalue weighted by Crippen LogP contribution is 2.48. The molecular formula is C78H102N2. The Labute approximate surface area is 487 Å². The highest BCUT2D eigenvalue weighted by Gasteiger charge is 2.36. The summed E-state index contributed by atoms with van der Waals surface area (Å²) in [5.74, 6) is 2.74. The molecule has 0 spiro atoms. The van der Waals surface area contributed by atoms with Gasteiger partial charge in [0.25, 0.3) is 0 Å². The van der Waals surface area contributed by atoms with Crippen LogP contribution in [0.2, 0.25) is 0 Å². The normalized spacial score (nSPS) is 20.6. The minimum atomic E-state index is -0.0151. The van der Waals surface area contributed by atoms with Crippen LogP contribution in [0.5, 0.6) is 0 Å². The minimum absolute atomic E-state index is 0.0151. The molecule has 5 saturated carbocycles. The van der Waals surface area contributed by atoms with E-state index >= 15 is 0 Å². The van der Waals surface area contributed by atoms with Crippen molar-refractivity contribution in [2.45, 2.75) is 267 Å². The van der Waals surface area contributed by atoms with Crippen molar-refractivity contribution in [2.24, 2.45) is 0 Å². The highest BCUT2D eigenvalue weighted by molar-refractivity contribution is 5.78. The summed E-state index contributed by atoms with van der Waals surface area (Å²) >= 11 is 0. The number of hydrogen-bond donors (Lipinski definition) is 0. The van der Waals surface area contributed by atoms with Crippen molar-refractivity contribution in [3.8, 4) is 0 Å². The lowest BCUT2D eigenvalue weighted by atomic mass is 9.65. The number of hydrogen-bond acceptors (Lipinski definition) is 2. The van der Waals surface area contributed by atoms with Crippen LogP contribution in [0.4, 0.5) is 34.1 Å². The lowest BCUT2D eigenvalue weighted by molar-refractivity contribution is 0.346. The van der Waals surface area contributed by atoms with Crippen LogP contribution in [0.1, 0.15) is 295 Å². The zero-order valence-corrected chi connectivity index (χ0v) is 49.7. The average molecular weight is 1070 g/mol. The van der Waals surface area contributed by atoms with Crippen molar-refractivity contribution < 1.29 is 0 Å². The van der Waals surface area contributed by atoms with Crippen LogP contribution in [0.25, 0.3) is 0 Å². The Morgan fingerprint density at radius 3 is 0.600 bits per heavy atom. The second-order valence-corrected chi connectivity index (χ2v) is 26.4. The maximum absolute atomic E-state index is 2.55. The van der Waals surface area contributed by atoms with Crippen molar-refractivity contribution in [3.63, 3.8) is 0 Å². The summed E-state index contributed by atoms with van der Waals surface area (Å²) in [7, 11) is 0. The van der Waals surface area contributed by atoms with Gasteiger partial charge in [0.2, 0.25) is 0 Å². The monoisotopic (exact) mass is 1070 g/mol. The molecule has 0 unspecified atom stereocenters. The SMILES string of the molecule is c1cc(N(c2ccc(C3CCCCC3)cc2)c2ccc(C3(c4ccc(N(c5ccc(C6CCCCCCCCCCC6)cc5)c5ccc(C6CCCCC6)cc5)cc4)CCCCC3)cc2)ccc1C1CCCCCCCCCCC1. The molecule has 0 heterocycles. The van der Waals surface area contributed by atoms with E-state index in [2.05, 4.69) is 155 Å². The van der Waals surface area contributed by atoms with E-state index in [1.54, 1.807) is 11.1 Å². The Kier molecular flexibility index (Phi) is 20.8. The van der Waals surface area contributed by atoms with E-state index in [0.717, 1.165) is 0 Å². The smallest absolute Gasteiger partial charge is 0.0461 e. The molecule has 5 fully saturated rings. The van der Waals surface area contributed by atoms with Crippen LogP contribution >= 0.6 is 0 Å². The largest absolute Gasteiger partial charge is 0.311 e. The number of benzene rings is 6. The molecule has 0 N–H and O–H groups in total. The molecule has 6 aromatic carbocycles. The summed E-state index contributed by atoms with van der Waals surface area (Å²) in [6, 6.07) is 59.2. The predicted octanol–water partition coefficient (Wildman–Crippen LogP) is 24.7. The first-order valence-electron chi connectivity index (χ1n) is 33.9. The highest BCUT2D eigenvalue weighted by atomic mass is 15.1. The standard InChI is InChI=1S/C78H102N2/c1-3-7-11-18-28-62(29-19-12-8-4-1)66-36-48-72(49-37-66)79(74-52-40-68(41-53-74)64-32-22-15-23-33-64)76-56-44-70(45-57-76)78(60-26-17-27-61-78)71-46-58-77(59-47-71)80(75-54-42-69(43-55-75)65-34-24-16-25-35-65)73-50-38-67(39-51-73)63-30-20-13-9-5-2-6-10-14-21-31-63/h36-59,62-65H,1-35,60-61H2. The Balaban J connectivity index is 0.883. The lowest BCUT2D eigenvalue weighted by Gasteiger charge is -2.39. The van der Waals surface area contributed by atoms with Crippen LogP contribution < -0.4 is 9.80 Å². The third kappa shape index (κ3) is 14.6. The van der Waals surface area contributed by atoms with E-state index in [1.165, 1.54) is 294 Å². The van der Waals surface area contributed by atoms with Crippen molar-refractivity contribution in [1.29, 1.82) is 0 Å². The first-order valence-corrected chi connectivity index (χ1v) is 33.9. The minimum Gasteiger partial charge on any atom is -0.311 e. The molecule has 2 nitrogen and oxygen atoms in total. The van der Waals surface area contributed by atoms with Gasteiger partial charge in [0.1, 0.15) is 0 Å². The third-order valence-corrected chi connectivity index (χ3v) is 21.0. The first-order chi connectivity index (χ1) is 39.7. The molecule has 0 atom stereocenters. The van der Waals surface area contributed by atoms with Crippen LogP contribution in [0, 0.1) is 0 Å². The number of anilines is 6. The molecule has 0 saturated heterocycles. The number of nitrogens with zero attached hydrogens (tertiary/aromatic N) is 2. The molecule has 80 heavy (non-hydrogen) atoms.